The summed E-state index contributed by atoms with van der Waals surface area (Å²) in [6.45, 7) is 0. The molecule has 2 heterocycles. The lowest BCUT2D eigenvalue weighted by Crippen LogP contribution is -2.29. The Kier molecular flexibility index (Phi) is 4.17. The van der Waals surface area contributed by atoms with Gasteiger partial charge in [0.2, 0.25) is 0 Å². The number of fused-ring (bicyclic) bond motifs is 1. The van der Waals surface area contributed by atoms with Crippen molar-refractivity contribution in [2.75, 3.05) is 17.3 Å². The first-order valence-corrected chi connectivity index (χ1v) is 8.84. The Balaban J connectivity index is 1.66. The number of hydrogen-bond acceptors (Lipinski definition) is 6. The minimum atomic E-state index is -0.479. The van der Waals surface area contributed by atoms with Crippen molar-refractivity contribution < 1.29 is 19.1 Å². The van der Waals surface area contributed by atoms with Crippen molar-refractivity contribution >= 4 is 39.9 Å². The number of amides is 3. The number of aromatic nitrogens is 1. The van der Waals surface area contributed by atoms with E-state index in [4.69, 9.17) is 4.74 Å². The van der Waals surface area contributed by atoms with Crippen LogP contribution in [0.5, 0.6) is 5.75 Å². The second kappa shape index (κ2) is 6.65. The molecule has 0 atom stereocenters. The minimum Gasteiger partial charge on any atom is -0.497 e. The lowest BCUT2D eigenvalue weighted by atomic mass is 10.1. The van der Waals surface area contributed by atoms with E-state index in [2.05, 4.69) is 10.3 Å². The Hall–Kier alpha value is -3.52. The fraction of sp³-hybridized carbons (Fsp3) is 0.0526. The van der Waals surface area contributed by atoms with E-state index in [1.165, 1.54) is 36.6 Å². The van der Waals surface area contributed by atoms with Gasteiger partial charge in [0.25, 0.3) is 17.7 Å². The normalized spacial score (nSPS) is 12.9. The highest BCUT2D eigenvalue weighted by Gasteiger charge is 2.37. The minimum absolute atomic E-state index is 0.189. The van der Waals surface area contributed by atoms with E-state index >= 15 is 0 Å². The summed E-state index contributed by atoms with van der Waals surface area (Å²) in [5.74, 6) is -0.775. The third-order valence-electron chi connectivity index (χ3n) is 4.11. The molecule has 27 heavy (non-hydrogen) atoms. The molecular formula is C19H13N3O4S. The van der Waals surface area contributed by atoms with Crippen LogP contribution in [0.25, 0.3) is 0 Å². The average Bonchev–Trinajstić information content (AvgIpc) is 3.28. The molecule has 2 aromatic carbocycles. The van der Waals surface area contributed by atoms with Crippen molar-refractivity contribution in [1.29, 1.82) is 0 Å². The Labute approximate surface area is 158 Å². The highest BCUT2D eigenvalue weighted by atomic mass is 32.1. The number of carbonyl (C=O) groups is 3. The van der Waals surface area contributed by atoms with Crippen molar-refractivity contribution in [3.05, 3.63) is 70.7 Å². The standard InChI is InChI=1S/C19H13N3O4S/c1-26-13-4-2-3-12(10-13)22-17(24)14-6-5-11(9-15(14)18(22)25)16(23)21-19-20-7-8-27-19/h2-10H,1H3,(H,20,21,23). The number of hydrogen-bond donors (Lipinski definition) is 1. The molecule has 0 saturated heterocycles. The maximum Gasteiger partial charge on any atom is 0.266 e. The van der Waals surface area contributed by atoms with Crippen molar-refractivity contribution in [2.24, 2.45) is 0 Å². The Morgan fingerprint density at radius 2 is 1.93 bits per heavy atom. The van der Waals surface area contributed by atoms with Crippen LogP contribution >= 0.6 is 11.3 Å². The van der Waals surface area contributed by atoms with E-state index < -0.39 is 17.7 Å². The topological polar surface area (TPSA) is 88.6 Å². The maximum atomic E-state index is 12.8. The molecule has 1 N–H and O–H groups in total. The van der Waals surface area contributed by atoms with Crippen molar-refractivity contribution in [3.8, 4) is 5.75 Å². The van der Waals surface area contributed by atoms with Crippen LogP contribution in [-0.2, 0) is 0 Å². The number of nitrogens with one attached hydrogen (secondary N) is 1. The van der Waals surface area contributed by atoms with Crippen molar-refractivity contribution in [1.82, 2.24) is 4.98 Å². The molecule has 0 bridgehead atoms. The number of carbonyl (C=O) groups excluding carboxylic acids is 3. The van der Waals surface area contributed by atoms with Crippen LogP contribution in [0, 0.1) is 0 Å². The van der Waals surface area contributed by atoms with Crippen LogP contribution < -0.4 is 15.0 Å². The van der Waals surface area contributed by atoms with Gasteiger partial charge in [-0.05, 0) is 30.3 Å². The average molecular weight is 379 g/mol. The van der Waals surface area contributed by atoms with Gasteiger partial charge in [0.15, 0.2) is 5.13 Å². The zero-order chi connectivity index (χ0) is 19.0. The first-order valence-electron chi connectivity index (χ1n) is 7.96. The molecule has 0 fully saturated rings. The number of methoxy groups -OCH3 is 1. The van der Waals surface area contributed by atoms with Gasteiger partial charge in [0, 0.05) is 23.2 Å². The van der Waals surface area contributed by atoms with Crippen LogP contribution in [0.3, 0.4) is 0 Å². The summed E-state index contributed by atoms with van der Waals surface area (Å²) in [6, 6.07) is 11.1. The molecule has 3 aromatic rings. The van der Waals surface area contributed by atoms with E-state index in [0.717, 1.165) is 4.90 Å². The van der Waals surface area contributed by atoms with E-state index in [0.29, 0.717) is 16.6 Å². The van der Waals surface area contributed by atoms with Crippen LogP contribution in [0.4, 0.5) is 10.8 Å². The Morgan fingerprint density at radius 1 is 1.11 bits per heavy atom. The first-order chi connectivity index (χ1) is 13.1. The molecule has 1 aliphatic heterocycles. The Morgan fingerprint density at radius 3 is 2.67 bits per heavy atom. The smallest absolute Gasteiger partial charge is 0.266 e. The van der Waals surface area contributed by atoms with Gasteiger partial charge in [0.05, 0.1) is 23.9 Å². The molecule has 0 aliphatic carbocycles. The summed E-state index contributed by atoms with van der Waals surface area (Å²) in [4.78, 5) is 43.0. The van der Waals surface area contributed by atoms with E-state index in [-0.39, 0.29) is 16.7 Å². The highest BCUT2D eigenvalue weighted by molar-refractivity contribution is 7.13. The molecular weight excluding hydrogens is 366 g/mol. The predicted octanol–water partition coefficient (Wildman–Crippen LogP) is 3.20. The van der Waals surface area contributed by atoms with Gasteiger partial charge in [-0.2, -0.15) is 0 Å². The molecule has 0 radical (unpaired) electrons. The van der Waals surface area contributed by atoms with Gasteiger partial charge in [-0.3, -0.25) is 19.7 Å². The lowest BCUT2D eigenvalue weighted by molar-refractivity contribution is 0.0925. The molecule has 0 saturated carbocycles. The van der Waals surface area contributed by atoms with Gasteiger partial charge in [-0.25, -0.2) is 9.88 Å². The summed E-state index contributed by atoms with van der Waals surface area (Å²) in [7, 11) is 1.51. The van der Waals surface area contributed by atoms with Crippen LogP contribution in [0.2, 0.25) is 0 Å². The maximum absolute atomic E-state index is 12.8. The molecule has 4 rings (SSSR count). The van der Waals surface area contributed by atoms with E-state index in [1.807, 2.05) is 0 Å². The summed E-state index contributed by atoms with van der Waals surface area (Å²) in [5.41, 5.74) is 1.13. The monoisotopic (exact) mass is 379 g/mol. The molecule has 3 amide bonds. The first kappa shape index (κ1) is 16.9. The molecule has 134 valence electrons. The summed E-state index contributed by atoms with van der Waals surface area (Å²) in [6.07, 6.45) is 1.58. The molecule has 0 spiro atoms. The number of rotatable bonds is 4. The molecule has 1 aromatic heterocycles. The molecule has 0 unspecified atom stereocenters. The zero-order valence-corrected chi connectivity index (χ0v) is 14.9. The number of anilines is 2. The van der Waals surface area contributed by atoms with Crippen LogP contribution in [0.1, 0.15) is 31.1 Å². The molecule has 8 heteroatoms. The van der Waals surface area contributed by atoms with Crippen molar-refractivity contribution in [2.45, 2.75) is 0 Å². The number of imide groups is 1. The Bertz CT molecular complexity index is 1060. The lowest BCUT2D eigenvalue weighted by Gasteiger charge is -2.14. The SMILES string of the molecule is COc1cccc(N2C(=O)c3ccc(C(=O)Nc4nccs4)cc3C2=O)c1. The second-order valence-electron chi connectivity index (χ2n) is 5.70. The zero-order valence-electron chi connectivity index (χ0n) is 14.1. The van der Waals surface area contributed by atoms with Gasteiger partial charge in [0.1, 0.15) is 5.75 Å². The number of nitrogens with zero attached hydrogens (tertiary/aromatic N) is 2. The second-order valence-corrected chi connectivity index (χ2v) is 6.59. The van der Waals surface area contributed by atoms with Gasteiger partial charge >= 0.3 is 0 Å². The highest BCUT2D eigenvalue weighted by Crippen LogP contribution is 2.31. The van der Waals surface area contributed by atoms with Crippen LogP contribution in [-0.4, -0.2) is 29.8 Å². The number of ether oxygens (including phenoxy) is 1. The quantitative estimate of drug-likeness (QED) is 0.703. The fourth-order valence-electron chi connectivity index (χ4n) is 2.82. The van der Waals surface area contributed by atoms with Gasteiger partial charge in [-0.15, -0.1) is 11.3 Å². The van der Waals surface area contributed by atoms with Crippen LogP contribution in [0.15, 0.2) is 54.0 Å². The number of benzene rings is 2. The summed E-state index contributed by atoms with van der Waals surface area (Å²) >= 11 is 1.29. The van der Waals surface area contributed by atoms with Crippen molar-refractivity contribution in [3.63, 3.8) is 0 Å². The molecule has 1 aliphatic rings. The fourth-order valence-corrected chi connectivity index (χ4v) is 3.34. The third-order valence-corrected chi connectivity index (χ3v) is 4.80. The number of thiazole rings is 1. The van der Waals surface area contributed by atoms with Gasteiger partial charge in [-0.1, -0.05) is 6.07 Å². The molecule has 7 nitrogen and oxygen atoms in total. The third kappa shape index (κ3) is 2.96. The summed E-state index contributed by atoms with van der Waals surface area (Å²) in [5, 5.41) is 4.86. The summed E-state index contributed by atoms with van der Waals surface area (Å²) < 4.78 is 5.16. The van der Waals surface area contributed by atoms with E-state index in [1.54, 1.807) is 35.8 Å². The predicted molar refractivity (Wildman–Crippen MR) is 101 cm³/mol. The van der Waals surface area contributed by atoms with E-state index in [9.17, 15) is 14.4 Å². The van der Waals surface area contributed by atoms with Gasteiger partial charge < -0.3 is 4.74 Å². The largest absolute Gasteiger partial charge is 0.497 e.